The lowest BCUT2D eigenvalue weighted by Crippen LogP contribution is -2.35. The van der Waals surface area contributed by atoms with E-state index in [1.807, 2.05) is 13.1 Å². The highest BCUT2D eigenvalue weighted by Gasteiger charge is 2.30. The molecule has 2 aromatic rings. The minimum absolute atomic E-state index is 0. The summed E-state index contributed by atoms with van der Waals surface area (Å²) in [6.45, 7) is 4.82. The molecule has 0 radical (unpaired) electrons. The van der Waals surface area contributed by atoms with Gasteiger partial charge in [-0.2, -0.15) is 4.98 Å². The van der Waals surface area contributed by atoms with Gasteiger partial charge in [0.15, 0.2) is 0 Å². The van der Waals surface area contributed by atoms with Crippen LogP contribution in [0.4, 0.5) is 11.8 Å². The van der Waals surface area contributed by atoms with Crippen molar-refractivity contribution in [2.75, 3.05) is 29.9 Å². The van der Waals surface area contributed by atoms with E-state index >= 15 is 0 Å². The van der Waals surface area contributed by atoms with Gasteiger partial charge in [-0.1, -0.05) is 0 Å². The summed E-state index contributed by atoms with van der Waals surface area (Å²) < 4.78 is 0. The second-order valence-electron chi connectivity index (χ2n) is 7.44. The molecule has 0 amide bonds. The number of rotatable bonds is 5. The number of halogens is 2. The molecule has 150 valence electrons. The average Bonchev–Trinajstić information content (AvgIpc) is 3.23. The van der Waals surface area contributed by atoms with Crippen LogP contribution in [-0.2, 0) is 6.54 Å². The Kier molecular flexibility index (Phi) is 7.31. The van der Waals surface area contributed by atoms with Crippen molar-refractivity contribution in [1.82, 2.24) is 19.9 Å². The number of aromatic nitrogens is 4. The largest absolute Gasteiger partial charge is 0.352 e. The zero-order valence-electron chi connectivity index (χ0n) is 15.9. The van der Waals surface area contributed by atoms with Crippen LogP contribution >= 0.6 is 24.8 Å². The molecule has 1 saturated heterocycles. The number of imidazole rings is 1. The van der Waals surface area contributed by atoms with Crippen LogP contribution in [0.1, 0.15) is 48.8 Å². The third kappa shape index (κ3) is 4.83. The molecule has 1 saturated carbocycles. The summed E-state index contributed by atoms with van der Waals surface area (Å²) in [7, 11) is 2.06. The van der Waals surface area contributed by atoms with E-state index in [2.05, 4.69) is 32.9 Å². The number of hydrogen-bond acceptors (Lipinski definition) is 6. The average molecular weight is 414 g/mol. The van der Waals surface area contributed by atoms with Crippen molar-refractivity contribution in [1.29, 1.82) is 0 Å². The molecule has 1 aliphatic carbocycles. The number of nitrogens with one attached hydrogen (secondary N) is 1. The second-order valence-corrected chi connectivity index (χ2v) is 7.44. The van der Waals surface area contributed by atoms with Crippen LogP contribution < -0.4 is 15.5 Å². The fraction of sp³-hybridized carbons (Fsp3) is 0.611. The van der Waals surface area contributed by atoms with Crippen molar-refractivity contribution < 1.29 is 0 Å². The molecule has 0 atom stereocenters. The van der Waals surface area contributed by atoms with E-state index in [0.717, 1.165) is 54.9 Å². The first kappa shape index (κ1) is 21.7. The predicted molar refractivity (Wildman–Crippen MR) is 113 cm³/mol. The van der Waals surface area contributed by atoms with Gasteiger partial charge in [0.1, 0.15) is 11.6 Å². The number of aryl methyl sites for hydroxylation is 1. The van der Waals surface area contributed by atoms with Crippen molar-refractivity contribution in [2.24, 2.45) is 5.73 Å². The fourth-order valence-corrected chi connectivity index (χ4v) is 3.66. The first-order valence-electron chi connectivity index (χ1n) is 9.19. The van der Waals surface area contributed by atoms with Crippen LogP contribution in [0.2, 0.25) is 0 Å². The van der Waals surface area contributed by atoms with Crippen LogP contribution in [0.3, 0.4) is 0 Å². The zero-order chi connectivity index (χ0) is 17.4. The second kappa shape index (κ2) is 9.08. The van der Waals surface area contributed by atoms with Gasteiger partial charge in [0, 0.05) is 50.1 Å². The molecule has 3 heterocycles. The number of nitrogens with zero attached hydrogens (tertiary/aromatic N) is 5. The third-order valence-electron chi connectivity index (χ3n) is 5.24. The van der Waals surface area contributed by atoms with Gasteiger partial charge >= 0.3 is 0 Å². The Bertz CT molecular complexity index is 739. The Balaban J connectivity index is 0.00000131. The van der Waals surface area contributed by atoms with E-state index in [0.29, 0.717) is 18.5 Å². The molecule has 0 bridgehead atoms. The van der Waals surface area contributed by atoms with E-state index < -0.39 is 0 Å². The summed E-state index contributed by atoms with van der Waals surface area (Å²) in [5.41, 5.74) is 8.20. The van der Waals surface area contributed by atoms with E-state index in [9.17, 15) is 0 Å². The lowest BCUT2D eigenvalue weighted by atomic mass is 9.78. The van der Waals surface area contributed by atoms with E-state index in [1.165, 1.54) is 12.8 Å². The van der Waals surface area contributed by atoms with Crippen molar-refractivity contribution >= 4 is 36.6 Å². The van der Waals surface area contributed by atoms with Gasteiger partial charge in [-0.3, -0.25) is 0 Å². The summed E-state index contributed by atoms with van der Waals surface area (Å²) in [5, 5.41) is 0. The highest BCUT2D eigenvalue weighted by atomic mass is 35.5. The molecule has 7 nitrogen and oxygen atoms in total. The molecule has 4 rings (SSSR count). The predicted octanol–water partition coefficient (Wildman–Crippen LogP) is 2.79. The van der Waals surface area contributed by atoms with Crippen molar-refractivity contribution in [3.05, 3.63) is 29.5 Å². The molecular formula is C18H29Cl2N7. The van der Waals surface area contributed by atoms with E-state index in [4.69, 9.17) is 15.7 Å². The molecule has 0 aromatic carbocycles. The lowest BCUT2D eigenvalue weighted by molar-refractivity contribution is 0.345. The lowest BCUT2D eigenvalue weighted by Gasteiger charge is -2.33. The monoisotopic (exact) mass is 413 g/mol. The summed E-state index contributed by atoms with van der Waals surface area (Å²) in [6.07, 6.45) is 6.35. The molecule has 0 unspecified atom stereocenters. The van der Waals surface area contributed by atoms with Gasteiger partial charge in [-0.15, -0.1) is 24.8 Å². The van der Waals surface area contributed by atoms with Gasteiger partial charge in [0.2, 0.25) is 5.95 Å². The first-order valence-corrected chi connectivity index (χ1v) is 9.19. The van der Waals surface area contributed by atoms with Gasteiger partial charge in [0.05, 0.1) is 12.2 Å². The number of H-pyrrole nitrogens is 1. The van der Waals surface area contributed by atoms with E-state index in [1.54, 1.807) is 0 Å². The summed E-state index contributed by atoms with van der Waals surface area (Å²) in [5.74, 6) is 3.25. The van der Waals surface area contributed by atoms with Crippen molar-refractivity contribution in [2.45, 2.75) is 51.1 Å². The highest BCUT2D eigenvalue weighted by Crippen LogP contribution is 2.36. The Morgan fingerprint density at radius 3 is 2.52 bits per heavy atom. The maximum atomic E-state index is 5.99. The molecule has 2 fully saturated rings. The number of hydrogen-bond donors (Lipinski definition) is 2. The molecule has 2 aromatic heterocycles. The normalized spacial score (nSPS) is 21.2. The minimum Gasteiger partial charge on any atom is -0.352 e. The van der Waals surface area contributed by atoms with Crippen LogP contribution in [0.15, 0.2) is 12.3 Å². The number of anilines is 2. The Labute approximate surface area is 173 Å². The third-order valence-corrected chi connectivity index (χ3v) is 5.24. The molecule has 9 heteroatoms. The first-order chi connectivity index (χ1) is 12.1. The van der Waals surface area contributed by atoms with Gasteiger partial charge in [-0.05, 0) is 32.6 Å². The number of aromatic amines is 1. The minimum atomic E-state index is 0. The van der Waals surface area contributed by atoms with Gasteiger partial charge in [0.25, 0.3) is 0 Å². The quantitative estimate of drug-likeness (QED) is 0.783. The van der Waals surface area contributed by atoms with Gasteiger partial charge in [-0.25, -0.2) is 9.97 Å². The topological polar surface area (TPSA) is 87.0 Å². The van der Waals surface area contributed by atoms with Crippen LogP contribution in [0, 0.1) is 6.92 Å². The smallest absolute Gasteiger partial charge is 0.227 e. The Morgan fingerprint density at radius 2 is 1.93 bits per heavy atom. The summed E-state index contributed by atoms with van der Waals surface area (Å²) in [4.78, 5) is 21.9. The summed E-state index contributed by atoms with van der Waals surface area (Å²) in [6, 6.07) is 2.45. The van der Waals surface area contributed by atoms with Crippen LogP contribution in [0.25, 0.3) is 0 Å². The summed E-state index contributed by atoms with van der Waals surface area (Å²) >= 11 is 0. The standard InChI is InChI=1S/C18H27N7.2ClH/c1-12-10-20-16(21-12)11-24(2)17-9-15(13-7-14(19)8-13)22-18(23-17)25-5-3-4-6-25;;/h9-10,13-14H,3-8,11,19H2,1-2H3,(H,20,21);2*1H. The van der Waals surface area contributed by atoms with Crippen molar-refractivity contribution in [3.63, 3.8) is 0 Å². The Morgan fingerprint density at radius 1 is 1.22 bits per heavy atom. The van der Waals surface area contributed by atoms with Crippen LogP contribution in [0.5, 0.6) is 0 Å². The maximum Gasteiger partial charge on any atom is 0.227 e. The fourth-order valence-electron chi connectivity index (χ4n) is 3.66. The SMILES string of the molecule is Cc1cnc(CN(C)c2cc(C3CC(N)C3)nc(N3CCCC3)n2)[nH]1.Cl.Cl. The maximum absolute atomic E-state index is 5.99. The van der Waals surface area contributed by atoms with E-state index in [-0.39, 0.29) is 24.8 Å². The molecule has 27 heavy (non-hydrogen) atoms. The van der Waals surface area contributed by atoms with Crippen molar-refractivity contribution in [3.8, 4) is 0 Å². The molecule has 3 N–H and O–H groups in total. The number of nitrogens with two attached hydrogens (primary N) is 1. The zero-order valence-corrected chi connectivity index (χ0v) is 17.5. The molecular weight excluding hydrogens is 385 g/mol. The molecule has 2 aliphatic rings. The highest BCUT2D eigenvalue weighted by molar-refractivity contribution is 5.85. The Hall–Kier alpha value is -1.57. The molecule has 1 aliphatic heterocycles. The van der Waals surface area contributed by atoms with Crippen LogP contribution in [-0.4, -0.2) is 46.1 Å². The van der Waals surface area contributed by atoms with Gasteiger partial charge < -0.3 is 20.5 Å². The molecule has 0 spiro atoms.